The molecule has 0 saturated carbocycles. The van der Waals surface area contributed by atoms with Crippen LogP contribution in [0.1, 0.15) is 10.4 Å². The molecular weight excluding hydrogens is 256 g/mol. The Morgan fingerprint density at radius 1 is 1.05 bits per heavy atom. The van der Waals surface area contributed by atoms with Crippen molar-refractivity contribution in [1.29, 1.82) is 0 Å². The SMILES string of the molecule is COCOc1ccc(OC)cc1-c1ccccc1C=O. The molecule has 0 aliphatic rings. The summed E-state index contributed by atoms with van der Waals surface area (Å²) in [6, 6.07) is 12.8. The average molecular weight is 272 g/mol. The van der Waals surface area contributed by atoms with Crippen molar-refractivity contribution in [1.82, 2.24) is 0 Å². The topological polar surface area (TPSA) is 44.8 Å². The number of carbonyl (C=O) groups is 1. The van der Waals surface area contributed by atoms with Gasteiger partial charge >= 0.3 is 0 Å². The Kier molecular flexibility index (Phi) is 4.74. The number of aldehydes is 1. The highest BCUT2D eigenvalue weighted by molar-refractivity contribution is 5.89. The van der Waals surface area contributed by atoms with Crippen molar-refractivity contribution < 1.29 is 19.0 Å². The Morgan fingerprint density at radius 3 is 2.55 bits per heavy atom. The van der Waals surface area contributed by atoms with Gasteiger partial charge in [0, 0.05) is 18.2 Å². The molecule has 0 bridgehead atoms. The van der Waals surface area contributed by atoms with E-state index in [0.717, 1.165) is 17.4 Å². The Morgan fingerprint density at radius 2 is 1.85 bits per heavy atom. The number of ether oxygens (including phenoxy) is 3. The van der Waals surface area contributed by atoms with Gasteiger partial charge in [0.15, 0.2) is 13.1 Å². The number of carbonyl (C=O) groups excluding carboxylic acids is 1. The highest BCUT2D eigenvalue weighted by Crippen LogP contribution is 2.35. The number of hydrogen-bond acceptors (Lipinski definition) is 4. The largest absolute Gasteiger partial charge is 0.497 e. The first-order valence-electron chi connectivity index (χ1n) is 6.14. The summed E-state index contributed by atoms with van der Waals surface area (Å²) in [5, 5.41) is 0. The first kappa shape index (κ1) is 14.1. The van der Waals surface area contributed by atoms with E-state index in [9.17, 15) is 4.79 Å². The van der Waals surface area contributed by atoms with Crippen LogP contribution in [-0.4, -0.2) is 27.3 Å². The first-order chi connectivity index (χ1) is 9.80. The molecule has 0 saturated heterocycles. The monoisotopic (exact) mass is 272 g/mol. The molecule has 4 heteroatoms. The third kappa shape index (κ3) is 2.97. The van der Waals surface area contributed by atoms with Crippen LogP contribution in [0.15, 0.2) is 42.5 Å². The van der Waals surface area contributed by atoms with E-state index in [2.05, 4.69) is 0 Å². The van der Waals surface area contributed by atoms with Gasteiger partial charge < -0.3 is 14.2 Å². The molecule has 2 rings (SSSR count). The Labute approximate surface area is 117 Å². The lowest BCUT2D eigenvalue weighted by Crippen LogP contribution is -2.01. The Hall–Kier alpha value is -2.33. The number of rotatable bonds is 6. The quantitative estimate of drug-likeness (QED) is 0.598. The lowest BCUT2D eigenvalue weighted by atomic mass is 9.99. The smallest absolute Gasteiger partial charge is 0.188 e. The fraction of sp³-hybridized carbons (Fsp3) is 0.188. The van der Waals surface area contributed by atoms with Crippen LogP contribution in [0.25, 0.3) is 11.1 Å². The van der Waals surface area contributed by atoms with E-state index in [1.54, 1.807) is 32.4 Å². The third-order valence-electron chi connectivity index (χ3n) is 2.90. The molecule has 0 aromatic heterocycles. The molecule has 104 valence electrons. The van der Waals surface area contributed by atoms with Gasteiger partial charge in [-0.25, -0.2) is 0 Å². The van der Waals surface area contributed by atoms with Gasteiger partial charge in [0.25, 0.3) is 0 Å². The zero-order chi connectivity index (χ0) is 14.4. The second kappa shape index (κ2) is 6.73. The number of hydrogen-bond donors (Lipinski definition) is 0. The summed E-state index contributed by atoms with van der Waals surface area (Å²) in [5.74, 6) is 1.34. The van der Waals surface area contributed by atoms with Gasteiger partial charge in [-0.15, -0.1) is 0 Å². The molecule has 2 aromatic carbocycles. The van der Waals surface area contributed by atoms with E-state index in [-0.39, 0.29) is 6.79 Å². The zero-order valence-electron chi connectivity index (χ0n) is 11.5. The van der Waals surface area contributed by atoms with Gasteiger partial charge in [-0.3, -0.25) is 4.79 Å². The summed E-state index contributed by atoms with van der Waals surface area (Å²) in [6.45, 7) is 0.141. The molecule has 0 aliphatic carbocycles. The minimum absolute atomic E-state index is 0.141. The molecule has 0 unspecified atom stereocenters. The van der Waals surface area contributed by atoms with Crippen LogP contribution in [-0.2, 0) is 4.74 Å². The molecule has 0 fully saturated rings. The van der Waals surface area contributed by atoms with Crippen LogP contribution in [0.4, 0.5) is 0 Å². The number of benzene rings is 2. The maximum absolute atomic E-state index is 11.2. The second-order valence-corrected chi connectivity index (χ2v) is 4.12. The standard InChI is InChI=1S/C16H16O4/c1-18-11-20-16-8-7-13(19-2)9-15(16)14-6-4-3-5-12(14)10-17/h3-10H,11H2,1-2H3. The van der Waals surface area contributed by atoms with Crippen molar-refractivity contribution in [3.63, 3.8) is 0 Å². The summed E-state index contributed by atoms with van der Waals surface area (Å²) in [5.41, 5.74) is 2.19. The first-order valence-corrected chi connectivity index (χ1v) is 6.14. The predicted octanol–water partition coefficient (Wildman–Crippen LogP) is 3.16. The molecule has 0 heterocycles. The van der Waals surface area contributed by atoms with Gasteiger partial charge in [-0.1, -0.05) is 24.3 Å². The summed E-state index contributed by atoms with van der Waals surface area (Å²) < 4.78 is 15.7. The third-order valence-corrected chi connectivity index (χ3v) is 2.90. The van der Waals surface area contributed by atoms with Crippen LogP contribution in [0, 0.1) is 0 Å². The van der Waals surface area contributed by atoms with Crippen LogP contribution in [0.2, 0.25) is 0 Å². The van der Waals surface area contributed by atoms with E-state index in [4.69, 9.17) is 14.2 Å². The molecule has 0 amide bonds. The van der Waals surface area contributed by atoms with Crippen LogP contribution < -0.4 is 9.47 Å². The average Bonchev–Trinajstić information content (AvgIpc) is 2.52. The van der Waals surface area contributed by atoms with Gasteiger partial charge in [0.1, 0.15) is 11.5 Å². The van der Waals surface area contributed by atoms with Crippen molar-refractivity contribution in [3.05, 3.63) is 48.0 Å². The summed E-state index contributed by atoms with van der Waals surface area (Å²) in [6.07, 6.45) is 0.828. The molecule has 2 aromatic rings. The van der Waals surface area contributed by atoms with E-state index >= 15 is 0 Å². The van der Waals surface area contributed by atoms with Crippen LogP contribution in [0.5, 0.6) is 11.5 Å². The molecule has 0 N–H and O–H groups in total. The van der Waals surface area contributed by atoms with Crippen molar-refractivity contribution in [3.8, 4) is 22.6 Å². The molecule has 0 radical (unpaired) electrons. The van der Waals surface area contributed by atoms with Crippen molar-refractivity contribution >= 4 is 6.29 Å². The minimum Gasteiger partial charge on any atom is -0.497 e. The highest BCUT2D eigenvalue weighted by Gasteiger charge is 2.11. The van der Waals surface area contributed by atoms with Crippen molar-refractivity contribution in [2.24, 2.45) is 0 Å². The van der Waals surface area contributed by atoms with Gasteiger partial charge in [-0.2, -0.15) is 0 Å². The minimum atomic E-state index is 0.141. The van der Waals surface area contributed by atoms with Gasteiger partial charge in [0.05, 0.1) is 7.11 Å². The van der Waals surface area contributed by atoms with E-state index in [0.29, 0.717) is 17.1 Å². The molecule has 0 aliphatic heterocycles. The zero-order valence-corrected chi connectivity index (χ0v) is 11.5. The fourth-order valence-electron chi connectivity index (χ4n) is 1.94. The van der Waals surface area contributed by atoms with E-state index < -0.39 is 0 Å². The van der Waals surface area contributed by atoms with Crippen LogP contribution in [0.3, 0.4) is 0 Å². The molecule has 0 spiro atoms. The molecular formula is C16H16O4. The van der Waals surface area contributed by atoms with Crippen molar-refractivity contribution in [2.45, 2.75) is 0 Å². The summed E-state index contributed by atoms with van der Waals surface area (Å²) in [4.78, 5) is 11.2. The molecule has 20 heavy (non-hydrogen) atoms. The maximum atomic E-state index is 11.2. The molecule has 4 nitrogen and oxygen atoms in total. The van der Waals surface area contributed by atoms with Gasteiger partial charge in [0.2, 0.25) is 0 Å². The molecule has 0 atom stereocenters. The lowest BCUT2D eigenvalue weighted by molar-refractivity contribution is 0.0515. The number of methoxy groups -OCH3 is 2. The maximum Gasteiger partial charge on any atom is 0.188 e. The fourth-order valence-corrected chi connectivity index (χ4v) is 1.94. The Balaban J connectivity index is 2.53. The Bertz CT molecular complexity index is 593. The lowest BCUT2D eigenvalue weighted by Gasteiger charge is -2.13. The predicted molar refractivity (Wildman–Crippen MR) is 76.3 cm³/mol. The van der Waals surface area contributed by atoms with Crippen molar-refractivity contribution in [2.75, 3.05) is 21.0 Å². The van der Waals surface area contributed by atoms with Crippen LogP contribution >= 0.6 is 0 Å². The van der Waals surface area contributed by atoms with E-state index in [1.165, 1.54) is 0 Å². The normalized spacial score (nSPS) is 10.1. The second-order valence-electron chi connectivity index (χ2n) is 4.12. The highest BCUT2D eigenvalue weighted by atomic mass is 16.7. The summed E-state index contributed by atoms with van der Waals surface area (Å²) >= 11 is 0. The van der Waals surface area contributed by atoms with E-state index in [1.807, 2.05) is 24.3 Å². The summed E-state index contributed by atoms with van der Waals surface area (Å²) in [7, 11) is 3.16. The van der Waals surface area contributed by atoms with Gasteiger partial charge in [-0.05, 0) is 23.8 Å².